The molecule has 0 atom stereocenters. The maximum atomic E-state index is 6.07. The Labute approximate surface area is 232 Å². The van der Waals surface area contributed by atoms with Crippen LogP contribution in [0.2, 0.25) is 0 Å². The first-order valence-corrected chi connectivity index (χ1v) is 14.4. The van der Waals surface area contributed by atoms with Crippen LogP contribution in [0.25, 0.3) is 0 Å². The van der Waals surface area contributed by atoms with Crippen molar-refractivity contribution in [3.8, 4) is 11.5 Å². The fourth-order valence-electron chi connectivity index (χ4n) is 4.68. The minimum absolute atomic E-state index is 0. The number of halogens is 1. The van der Waals surface area contributed by atoms with Crippen molar-refractivity contribution in [2.24, 2.45) is 0 Å². The summed E-state index contributed by atoms with van der Waals surface area (Å²) in [6.45, 7) is 6.48. The number of hydrogen-bond acceptors (Lipinski definition) is 1. The topological polar surface area (TPSA) is 9.23 Å². The standard InChI is InChI=1S/C34H32OP.BrH/c1-26-9-19-32(20-10-26)36(33-21-11-27(2)12-22-33,34-23-13-28(3)14-24-34)25-29-15-17-31(18-16-29)35-30-7-5-4-6-8-30;/h4-24H,25H2,1-3H3;1H/q+1;/p-1. The largest absolute Gasteiger partial charge is 1.00 e. The molecule has 0 aliphatic heterocycles. The predicted octanol–water partition coefficient (Wildman–Crippen LogP) is 4.90. The quantitative estimate of drug-likeness (QED) is 0.254. The molecular formula is C34H32BrOP. The van der Waals surface area contributed by atoms with Gasteiger partial charge in [0.25, 0.3) is 0 Å². The maximum Gasteiger partial charge on any atom is 0.127 e. The van der Waals surface area contributed by atoms with Crippen molar-refractivity contribution >= 4 is 23.2 Å². The molecule has 186 valence electrons. The zero-order valence-electron chi connectivity index (χ0n) is 21.6. The van der Waals surface area contributed by atoms with E-state index in [2.05, 4.69) is 118 Å². The van der Waals surface area contributed by atoms with E-state index in [-0.39, 0.29) is 17.0 Å². The molecule has 5 aromatic rings. The lowest BCUT2D eigenvalue weighted by atomic mass is 10.2. The Hall–Kier alpha value is -3.19. The summed E-state index contributed by atoms with van der Waals surface area (Å²) < 4.78 is 6.07. The van der Waals surface area contributed by atoms with Crippen LogP contribution in [0.5, 0.6) is 11.5 Å². The Bertz CT molecular complexity index is 1300. The van der Waals surface area contributed by atoms with Gasteiger partial charge in [-0.25, -0.2) is 0 Å². The van der Waals surface area contributed by atoms with E-state index in [1.54, 1.807) is 0 Å². The van der Waals surface area contributed by atoms with Gasteiger partial charge in [0.05, 0.1) is 6.16 Å². The first-order valence-electron chi connectivity index (χ1n) is 12.4. The Morgan fingerprint density at radius 3 is 1.24 bits per heavy atom. The molecule has 0 saturated heterocycles. The second-order valence-electron chi connectivity index (χ2n) is 9.53. The van der Waals surface area contributed by atoms with Gasteiger partial charge in [-0.2, -0.15) is 0 Å². The molecule has 3 heteroatoms. The lowest BCUT2D eigenvalue weighted by Crippen LogP contribution is -3.00. The molecule has 37 heavy (non-hydrogen) atoms. The smallest absolute Gasteiger partial charge is 0.127 e. The third-order valence-electron chi connectivity index (χ3n) is 6.75. The predicted molar refractivity (Wildman–Crippen MR) is 156 cm³/mol. The molecule has 5 aromatic carbocycles. The zero-order valence-corrected chi connectivity index (χ0v) is 24.0. The van der Waals surface area contributed by atoms with Crippen molar-refractivity contribution in [1.29, 1.82) is 0 Å². The molecule has 0 aliphatic rings. The van der Waals surface area contributed by atoms with E-state index in [0.29, 0.717) is 0 Å². The fraction of sp³-hybridized carbons (Fsp3) is 0.118. The van der Waals surface area contributed by atoms with Crippen molar-refractivity contribution in [3.63, 3.8) is 0 Å². The first kappa shape index (κ1) is 26.9. The molecule has 0 unspecified atom stereocenters. The van der Waals surface area contributed by atoms with Gasteiger partial charge in [-0.15, -0.1) is 0 Å². The van der Waals surface area contributed by atoms with E-state index >= 15 is 0 Å². The highest BCUT2D eigenvalue weighted by Gasteiger charge is 2.45. The summed E-state index contributed by atoms with van der Waals surface area (Å²) >= 11 is 0. The van der Waals surface area contributed by atoms with E-state index < -0.39 is 7.26 Å². The highest BCUT2D eigenvalue weighted by molar-refractivity contribution is 7.95. The number of aryl methyl sites for hydroxylation is 3. The third kappa shape index (κ3) is 6.04. The minimum atomic E-state index is -1.96. The van der Waals surface area contributed by atoms with Gasteiger partial charge in [-0.3, -0.25) is 0 Å². The molecular weight excluding hydrogens is 535 g/mol. The SMILES string of the molecule is Cc1ccc([P+](Cc2ccc(Oc3ccccc3)cc2)(c2ccc(C)cc2)c2ccc(C)cc2)cc1.[Br-]. The highest BCUT2D eigenvalue weighted by Crippen LogP contribution is 2.58. The Morgan fingerprint density at radius 1 is 0.459 bits per heavy atom. The summed E-state index contributed by atoms with van der Waals surface area (Å²) in [4.78, 5) is 0. The first-order chi connectivity index (χ1) is 17.5. The molecule has 1 nitrogen and oxygen atoms in total. The van der Waals surface area contributed by atoms with Gasteiger partial charge in [0.1, 0.15) is 34.7 Å². The van der Waals surface area contributed by atoms with Crippen LogP contribution < -0.4 is 37.6 Å². The van der Waals surface area contributed by atoms with Gasteiger partial charge in [-0.05, 0) is 87.0 Å². The van der Waals surface area contributed by atoms with Gasteiger partial charge in [0, 0.05) is 0 Å². The van der Waals surface area contributed by atoms with Crippen LogP contribution >= 0.6 is 7.26 Å². The van der Waals surface area contributed by atoms with Gasteiger partial charge in [0.15, 0.2) is 0 Å². The third-order valence-corrected chi connectivity index (χ3v) is 11.1. The fourth-order valence-corrected chi connectivity index (χ4v) is 8.85. The summed E-state index contributed by atoms with van der Waals surface area (Å²) in [6, 6.07) is 46.2. The average Bonchev–Trinajstić information content (AvgIpc) is 2.91. The van der Waals surface area contributed by atoms with E-state index in [1.807, 2.05) is 30.3 Å². The van der Waals surface area contributed by atoms with Crippen molar-refractivity contribution in [1.82, 2.24) is 0 Å². The highest BCUT2D eigenvalue weighted by atomic mass is 79.9. The van der Waals surface area contributed by atoms with Gasteiger partial charge in [0.2, 0.25) is 0 Å². The van der Waals surface area contributed by atoms with E-state index in [9.17, 15) is 0 Å². The molecule has 0 bridgehead atoms. The molecule has 0 radical (unpaired) electrons. The van der Waals surface area contributed by atoms with Gasteiger partial charge in [-0.1, -0.05) is 83.4 Å². The Kier molecular flexibility index (Phi) is 8.64. The summed E-state index contributed by atoms with van der Waals surface area (Å²) in [7, 11) is -1.96. The van der Waals surface area contributed by atoms with Crippen LogP contribution in [-0.4, -0.2) is 0 Å². The van der Waals surface area contributed by atoms with Crippen LogP contribution in [0.15, 0.2) is 127 Å². The molecule has 0 saturated carbocycles. The summed E-state index contributed by atoms with van der Waals surface area (Å²) in [5.41, 5.74) is 5.16. The van der Waals surface area contributed by atoms with Crippen LogP contribution in [0.1, 0.15) is 22.3 Å². The van der Waals surface area contributed by atoms with Gasteiger partial charge < -0.3 is 21.7 Å². The summed E-state index contributed by atoms with van der Waals surface area (Å²) in [5, 5.41) is 4.22. The molecule has 5 rings (SSSR count). The number of rotatable bonds is 7. The van der Waals surface area contributed by atoms with Gasteiger partial charge >= 0.3 is 0 Å². The van der Waals surface area contributed by atoms with Crippen molar-refractivity contribution < 1.29 is 21.7 Å². The second-order valence-corrected chi connectivity index (χ2v) is 13.0. The molecule has 0 aliphatic carbocycles. The summed E-state index contributed by atoms with van der Waals surface area (Å²) in [5.74, 6) is 1.71. The minimum Gasteiger partial charge on any atom is -1.00 e. The molecule has 0 fully saturated rings. The molecule has 0 N–H and O–H groups in total. The lowest BCUT2D eigenvalue weighted by molar-refractivity contribution is -0.00000777. The van der Waals surface area contributed by atoms with Crippen LogP contribution in [0.3, 0.4) is 0 Å². The van der Waals surface area contributed by atoms with Crippen LogP contribution in [0.4, 0.5) is 0 Å². The number of hydrogen-bond donors (Lipinski definition) is 0. The lowest BCUT2D eigenvalue weighted by Gasteiger charge is -2.28. The molecule has 0 amide bonds. The van der Waals surface area contributed by atoms with E-state index in [0.717, 1.165) is 17.7 Å². The zero-order chi connectivity index (χ0) is 25.0. The van der Waals surface area contributed by atoms with E-state index in [1.165, 1.54) is 38.2 Å². The van der Waals surface area contributed by atoms with Crippen LogP contribution in [0, 0.1) is 20.8 Å². The molecule has 0 aromatic heterocycles. The van der Waals surface area contributed by atoms with Crippen molar-refractivity contribution in [3.05, 3.63) is 150 Å². The normalized spacial score (nSPS) is 11.0. The van der Waals surface area contributed by atoms with E-state index in [4.69, 9.17) is 4.74 Å². The van der Waals surface area contributed by atoms with Crippen molar-refractivity contribution in [2.45, 2.75) is 26.9 Å². The molecule has 0 heterocycles. The Morgan fingerprint density at radius 2 is 0.838 bits per heavy atom. The average molecular weight is 568 g/mol. The molecule has 0 spiro atoms. The van der Waals surface area contributed by atoms with Crippen LogP contribution in [-0.2, 0) is 6.16 Å². The maximum absolute atomic E-state index is 6.07. The Balaban J connectivity index is 0.00000320. The number of ether oxygens (including phenoxy) is 1. The monoisotopic (exact) mass is 566 g/mol. The number of para-hydroxylation sites is 1. The van der Waals surface area contributed by atoms with Crippen molar-refractivity contribution in [2.75, 3.05) is 0 Å². The number of benzene rings is 5. The summed E-state index contributed by atoms with van der Waals surface area (Å²) in [6.07, 6.45) is 0.952. The second kappa shape index (κ2) is 11.9.